The minimum atomic E-state index is -0.546. The van der Waals surface area contributed by atoms with Gasteiger partial charge in [-0.1, -0.05) is 0 Å². The Morgan fingerprint density at radius 1 is 1.29 bits per heavy atom. The SMILES string of the molecule is CN1CCC[C@H](CN2CCN(C(=O)Nc3ccc(F)nc3)CC2)C1. The van der Waals surface area contributed by atoms with Crippen LogP contribution in [0.25, 0.3) is 0 Å². The van der Waals surface area contributed by atoms with E-state index in [0.717, 1.165) is 38.6 Å². The number of carbonyl (C=O) groups is 1. The van der Waals surface area contributed by atoms with Gasteiger partial charge in [-0.15, -0.1) is 0 Å². The number of aromatic nitrogens is 1. The molecule has 2 aliphatic rings. The third-order valence-electron chi connectivity index (χ3n) is 4.88. The molecule has 1 atom stereocenters. The third kappa shape index (κ3) is 4.64. The Labute approximate surface area is 142 Å². The highest BCUT2D eigenvalue weighted by Crippen LogP contribution is 2.17. The van der Waals surface area contributed by atoms with E-state index in [-0.39, 0.29) is 6.03 Å². The van der Waals surface area contributed by atoms with Crippen LogP contribution < -0.4 is 5.32 Å². The maximum Gasteiger partial charge on any atom is 0.321 e. The van der Waals surface area contributed by atoms with E-state index < -0.39 is 5.95 Å². The summed E-state index contributed by atoms with van der Waals surface area (Å²) in [6, 6.07) is 2.63. The average molecular weight is 335 g/mol. The van der Waals surface area contributed by atoms with Gasteiger partial charge in [0, 0.05) is 39.3 Å². The Balaban J connectivity index is 1.42. The lowest BCUT2D eigenvalue weighted by molar-refractivity contribution is 0.109. The van der Waals surface area contributed by atoms with Crippen molar-refractivity contribution in [3.05, 3.63) is 24.3 Å². The molecule has 2 fully saturated rings. The molecular formula is C17H26FN5O. The molecule has 1 aromatic rings. The summed E-state index contributed by atoms with van der Waals surface area (Å²) in [6.07, 6.45) is 3.93. The molecule has 3 rings (SSSR count). The predicted octanol–water partition coefficient (Wildman–Crippen LogP) is 1.71. The van der Waals surface area contributed by atoms with Crippen molar-refractivity contribution in [3.8, 4) is 0 Å². The van der Waals surface area contributed by atoms with E-state index in [4.69, 9.17) is 0 Å². The summed E-state index contributed by atoms with van der Waals surface area (Å²) in [6.45, 7) is 6.79. The first-order chi connectivity index (χ1) is 11.6. The molecule has 0 saturated carbocycles. The lowest BCUT2D eigenvalue weighted by Crippen LogP contribution is -2.51. The van der Waals surface area contributed by atoms with Crippen LogP contribution in [0.4, 0.5) is 14.9 Å². The molecular weight excluding hydrogens is 309 g/mol. The van der Waals surface area contributed by atoms with Gasteiger partial charge in [0.15, 0.2) is 0 Å². The van der Waals surface area contributed by atoms with Gasteiger partial charge >= 0.3 is 6.03 Å². The Bertz CT molecular complexity index is 544. The summed E-state index contributed by atoms with van der Waals surface area (Å²) in [5, 5.41) is 2.77. The number of rotatable bonds is 3. The second kappa shape index (κ2) is 7.90. The molecule has 0 aromatic carbocycles. The zero-order chi connectivity index (χ0) is 16.9. The Hall–Kier alpha value is -1.73. The second-order valence-corrected chi connectivity index (χ2v) is 6.86. The molecule has 2 saturated heterocycles. The summed E-state index contributed by atoms with van der Waals surface area (Å²) in [5.41, 5.74) is 0.522. The molecule has 1 aromatic heterocycles. The van der Waals surface area contributed by atoms with Crippen molar-refractivity contribution in [1.29, 1.82) is 0 Å². The minimum absolute atomic E-state index is 0.138. The molecule has 3 heterocycles. The van der Waals surface area contributed by atoms with Crippen molar-refractivity contribution in [2.75, 3.05) is 58.2 Å². The van der Waals surface area contributed by atoms with Gasteiger partial charge in [0.25, 0.3) is 0 Å². The van der Waals surface area contributed by atoms with Gasteiger partial charge < -0.3 is 15.1 Å². The Morgan fingerprint density at radius 2 is 2.08 bits per heavy atom. The van der Waals surface area contributed by atoms with E-state index in [1.807, 2.05) is 4.90 Å². The number of amides is 2. The van der Waals surface area contributed by atoms with Crippen LogP contribution in [0, 0.1) is 11.9 Å². The highest BCUT2D eigenvalue weighted by atomic mass is 19.1. The van der Waals surface area contributed by atoms with Gasteiger partial charge in [-0.3, -0.25) is 4.90 Å². The van der Waals surface area contributed by atoms with Crippen LogP contribution in [0.5, 0.6) is 0 Å². The van der Waals surface area contributed by atoms with Crippen molar-refractivity contribution < 1.29 is 9.18 Å². The number of carbonyl (C=O) groups excluding carboxylic acids is 1. The fraction of sp³-hybridized carbons (Fsp3) is 0.647. The van der Waals surface area contributed by atoms with E-state index in [1.165, 1.54) is 44.3 Å². The van der Waals surface area contributed by atoms with Crippen LogP contribution in [-0.2, 0) is 0 Å². The van der Waals surface area contributed by atoms with Crippen molar-refractivity contribution in [1.82, 2.24) is 19.7 Å². The van der Waals surface area contributed by atoms with Gasteiger partial charge in [0.1, 0.15) is 0 Å². The number of hydrogen-bond acceptors (Lipinski definition) is 4. The highest BCUT2D eigenvalue weighted by Gasteiger charge is 2.25. The molecule has 24 heavy (non-hydrogen) atoms. The topological polar surface area (TPSA) is 51.7 Å². The number of urea groups is 1. The normalized spacial score (nSPS) is 23.2. The molecule has 2 amide bonds. The number of nitrogens with one attached hydrogen (secondary N) is 1. The number of likely N-dealkylation sites (tertiary alicyclic amines) is 1. The molecule has 0 spiro atoms. The number of piperidine rings is 1. The highest BCUT2D eigenvalue weighted by molar-refractivity contribution is 5.89. The van der Waals surface area contributed by atoms with Crippen molar-refractivity contribution in [2.24, 2.45) is 5.92 Å². The summed E-state index contributed by atoms with van der Waals surface area (Å²) in [7, 11) is 2.19. The first-order valence-corrected chi connectivity index (χ1v) is 8.68. The van der Waals surface area contributed by atoms with Crippen LogP contribution in [0.1, 0.15) is 12.8 Å². The summed E-state index contributed by atoms with van der Waals surface area (Å²) < 4.78 is 12.8. The van der Waals surface area contributed by atoms with Crippen LogP contribution >= 0.6 is 0 Å². The van der Waals surface area contributed by atoms with Gasteiger partial charge in [-0.25, -0.2) is 9.78 Å². The van der Waals surface area contributed by atoms with E-state index in [0.29, 0.717) is 5.69 Å². The second-order valence-electron chi connectivity index (χ2n) is 6.86. The fourth-order valence-electron chi connectivity index (χ4n) is 3.57. The number of nitrogens with zero attached hydrogens (tertiary/aromatic N) is 4. The molecule has 6 nitrogen and oxygen atoms in total. The maximum atomic E-state index is 12.8. The number of piperazine rings is 1. The molecule has 7 heteroatoms. The molecule has 0 unspecified atom stereocenters. The number of hydrogen-bond donors (Lipinski definition) is 1. The number of halogens is 1. The van der Waals surface area contributed by atoms with Gasteiger partial charge in [0.2, 0.25) is 5.95 Å². The fourth-order valence-corrected chi connectivity index (χ4v) is 3.57. The predicted molar refractivity (Wildman–Crippen MR) is 91.4 cm³/mol. The van der Waals surface area contributed by atoms with Crippen LogP contribution in [-0.4, -0.2) is 78.6 Å². The van der Waals surface area contributed by atoms with Gasteiger partial charge in [-0.2, -0.15) is 4.39 Å². The first kappa shape index (κ1) is 17.1. The van der Waals surface area contributed by atoms with E-state index in [2.05, 4.69) is 27.1 Å². The minimum Gasteiger partial charge on any atom is -0.322 e. The van der Waals surface area contributed by atoms with Gasteiger partial charge in [-0.05, 0) is 44.5 Å². The van der Waals surface area contributed by atoms with Crippen LogP contribution in [0.3, 0.4) is 0 Å². The lowest BCUT2D eigenvalue weighted by atomic mass is 9.97. The standard InChI is InChI=1S/C17H26FN5O/c1-21-6-2-3-14(12-21)13-22-7-9-23(10-8-22)17(24)20-15-4-5-16(18)19-11-15/h4-5,11,14H,2-3,6-10,12-13H2,1H3,(H,20,24)/t14-/m0/s1. The average Bonchev–Trinajstić information content (AvgIpc) is 2.57. The Morgan fingerprint density at radius 3 is 2.75 bits per heavy atom. The zero-order valence-corrected chi connectivity index (χ0v) is 14.2. The maximum absolute atomic E-state index is 12.8. The number of pyridine rings is 1. The van der Waals surface area contributed by atoms with Crippen molar-refractivity contribution in [2.45, 2.75) is 12.8 Å². The summed E-state index contributed by atoms with van der Waals surface area (Å²) in [5.74, 6) is 0.199. The monoisotopic (exact) mass is 335 g/mol. The zero-order valence-electron chi connectivity index (χ0n) is 14.2. The molecule has 0 aliphatic carbocycles. The largest absolute Gasteiger partial charge is 0.322 e. The molecule has 1 N–H and O–H groups in total. The summed E-state index contributed by atoms with van der Waals surface area (Å²) >= 11 is 0. The number of anilines is 1. The van der Waals surface area contributed by atoms with E-state index >= 15 is 0 Å². The molecule has 0 bridgehead atoms. The molecule has 132 valence electrons. The summed E-state index contributed by atoms with van der Waals surface area (Å²) in [4.78, 5) is 22.5. The Kier molecular flexibility index (Phi) is 5.63. The third-order valence-corrected chi connectivity index (χ3v) is 4.88. The quantitative estimate of drug-likeness (QED) is 0.855. The molecule has 0 radical (unpaired) electrons. The first-order valence-electron chi connectivity index (χ1n) is 8.68. The van der Waals surface area contributed by atoms with E-state index in [1.54, 1.807) is 0 Å². The van der Waals surface area contributed by atoms with Gasteiger partial charge in [0.05, 0.1) is 11.9 Å². The molecule has 2 aliphatic heterocycles. The van der Waals surface area contributed by atoms with Crippen LogP contribution in [0.2, 0.25) is 0 Å². The van der Waals surface area contributed by atoms with Crippen molar-refractivity contribution >= 4 is 11.7 Å². The van der Waals surface area contributed by atoms with Crippen molar-refractivity contribution in [3.63, 3.8) is 0 Å². The smallest absolute Gasteiger partial charge is 0.321 e. The van der Waals surface area contributed by atoms with Crippen LogP contribution in [0.15, 0.2) is 18.3 Å². The lowest BCUT2D eigenvalue weighted by Gasteiger charge is -2.38. The van der Waals surface area contributed by atoms with E-state index in [9.17, 15) is 9.18 Å².